The van der Waals surface area contributed by atoms with Crippen LogP contribution in [0.5, 0.6) is 0 Å². The summed E-state index contributed by atoms with van der Waals surface area (Å²) in [7, 11) is 0. The molecule has 0 aliphatic rings. The Bertz CT molecular complexity index is 559. The molecule has 4 N–H and O–H groups in total. The molecule has 0 aromatic carbocycles. The Morgan fingerprint density at radius 2 is 0.921 bits per heavy atom. The highest BCUT2D eigenvalue weighted by molar-refractivity contribution is 5.73. The highest BCUT2D eigenvalue weighted by Crippen LogP contribution is 1.98. The summed E-state index contributed by atoms with van der Waals surface area (Å²) < 4.78 is 48.4. The van der Waals surface area contributed by atoms with Crippen LogP contribution in [-0.4, -0.2) is 137 Å². The summed E-state index contributed by atoms with van der Waals surface area (Å²) in [4.78, 5) is 13.3. The molecule has 0 fully saturated rings. The van der Waals surface area contributed by atoms with Gasteiger partial charge in [-0.25, -0.2) is 0 Å². The van der Waals surface area contributed by atoms with Crippen molar-refractivity contribution in [2.45, 2.75) is 18.9 Å². The van der Waals surface area contributed by atoms with Gasteiger partial charge in [-0.05, 0) is 18.5 Å². The van der Waals surface area contributed by atoms with Gasteiger partial charge in [0, 0.05) is 11.3 Å². The maximum absolute atomic E-state index is 10.5. The monoisotopic (exact) mass is 553 g/mol. The van der Waals surface area contributed by atoms with E-state index in [1.165, 1.54) is 0 Å². The first kappa shape index (κ1) is 36.4. The summed E-state index contributed by atoms with van der Waals surface area (Å²) in [6.07, 6.45) is 0.812. The summed E-state index contributed by atoms with van der Waals surface area (Å²) in [5.41, 5.74) is 18.9. The largest absolute Gasteiger partial charge is 0.379 e. The lowest BCUT2D eigenvalue weighted by Crippen LogP contribution is -2.19. The van der Waals surface area contributed by atoms with Crippen molar-refractivity contribution in [3.63, 3.8) is 0 Å². The number of hydrogen-bond donors (Lipinski definition) is 2. The van der Waals surface area contributed by atoms with Crippen LogP contribution in [0.3, 0.4) is 0 Å². The van der Waals surface area contributed by atoms with Gasteiger partial charge in [0.1, 0.15) is 0 Å². The van der Waals surface area contributed by atoms with Crippen molar-refractivity contribution < 1.29 is 47.4 Å². The van der Waals surface area contributed by atoms with Gasteiger partial charge in [0.05, 0.1) is 125 Å². The molecule has 0 rings (SSSR count). The molecule has 224 valence electrons. The molecule has 0 aromatic heterocycles. The number of azide groups is 1. The maximum atomic E-state index is 10.5. The van der Waals surface area contributed by atoms with Crippen molar-refractivity contribution in [3.8, 4) is 0 Å². The highest BCUT2D eigenvalue weighted by atomic mass is 16.6. The number of hydrogen-bond acceptors (Lipinski definition) is 12. The van der Waals surface area contributed by atoms with Gasteiger partial charge in [-0.1, -0.05) is 5.11 Å². The van der Waals surface area contributed by atoms with Crippen LogP contribution in [0.25, 0.3) is 10.4 Å². The van der Waals surface area contributed by atoms with Gasteiger partial charge in [-0.2, -0.15) is 0 Å². The quantitative estimate of drug-likeness (QED) is 0.0493. The van der Waals surface area contributed by atoms with Crippen LogP contribution in [0, 0.1) is 0 Å². The van der Waals surface area contributed by atoms with E-state index in [9.17, 15) is 4.79 Å². The molecule has 0 aliphatic carbocycles. The smallest absolute Gasteiger partial charge is 0.219 e. The molecular weight excluding hydrogens is 506 g/mol. The van der Waals surface area contributed by atoms with E-state index in [1.807, 2.05) is 0 Å². The molecule has 15 heteroatoms. The number of ether oxygens (including phenoxy) is 9. The molecule has 0 aromatic rings. The van der Waals surface area contributed by atoms with E-state index in [4.69, 9.17) is 59.6 Å². The minimum absolute atomic E-state index is 0.217. The molecule has 15 nitrogen and oxygen atoms in total. The maximum Gasteiger partial charge on any atom is 0.219 e. The summed E-state index contributed by atoms with van der Waals surface area (Å²) in [6, 6.07) is -0.240. The number of amides is 1. The van der Waals surface area contributed by atoms with Crippen molar-refractivity contribution in [1.29, 1.82) is 0 Å². The van der Waals surface area contributed by atoms with Crippen molar-refractivity contribution in [3.05, 3.63) is 10.4 Å². The molecule has 0 spiro atoms. The first-order valence-corrected chi connectivity index (χ1v) is 12.9. The molecule has 0 radical (unpaired) electrons. The van der Waals surface area contributed by atoms with E-state index in [0.717, 1.165) is 0 Å². The van der Waals surface area contributed by atoms with Gasteiger partial charge >= 0.3 is 0 Å². The topological polar surface area (TPSA) is 201 Å². The molecule has 0 saturated carbocycles. The van der Waals surface area contributed by atoms with E-state index >= 15 is 0 Å². The van der Waals surface area contributed by atoms with Crippen LogP contribution in [0.15, 0.2) is 5.11 Å². The van der Waals surface area contributed by atoms with Crippen molar-refractivity contribution in [2.24, 2.45) is 16.6 Å². The van der Waals surface area contributed by atoms with E-state index in [-0.39, 0.29) is 18.4 Å². The molecule has 1 amide bonds. The predicted octanol–water partition coefficient (Wildman–Crippen LogP) is 0.0389. The Labute approximate surface area is 225 Å². The van der Waals surface area contributed by atoms with Gasteiger partial charge in [0.15, 0.2) is 0 Å². The molecule has 1 atom stereocenters. The molecule has 0 heterocycles. The van der Waals surface area contributed by atoms with Crippen LogP contribution >= 0.6 is 0 Å². The van der Waals surface area contributed by atoms with Crippen LogP contribution in [-0.2, 0) is 47.4 Å². The fourth-order valence-electron chi connectivity index (χ4n) is 2.59. The van der Waals surface area contributed by atoms with E-state index in [1.54, 1.807) is 0 Å². The average Bonchev–Trinajstić information content (AvgIpc) is 2.90. The second kappa shape index (κ2) is 31.6. The zero-order valence-electron chi connectivity index (χ0n) is 22.5. The molecule has 0 aliphatic heterocycles. The third-order valence-corrected chi connectivity index (χ3v) is 4.49. The van der Waals surface area contributed by atoms with E-state index in [2.05, 4.69) is 10.0 Å². The van der Waals surface area contributed by atoms with Crippen LogP contribution < -0.4 is 11.5 Å². The standard InChI is InChI=1S/C23H47N5O10/c24-3-1-22(27-28-26)21-38-20-19-37-18-17-36-16-15-35-14-13-34-12-11-33-10-9-32-8-7-31-6-5-30-4-2-23(25)29/h22H,1-21,24H2,(H2,25,29). The fraction of sp³-hybridized carbons (Fsp3) is 0.957. The summed E-state index contributed by atoms with van der Waals surface area (Å²) >= 11 is 0. The van der Waals surface area contributed by atoms with Crippen LogP contribution in [0.1, 0.15) is 12.8 Å². The number of primary amides is 1. The Morgan fingerprint density at radius 1 is 0.605 bits per heavy atom. The molecule has 38 heavy (non-hydrogen) atoms. The van der Waals surface area contributed by atoms with Crippen molar-refractivity contribution in [1.82, 2.24) is 0 Å². The van der Waals surface area contributed by atoms with E-state index < -0.39 is 0 Å². The summed E-state index contributed by atoms with van der Waals surface area (Å²) in [6.45, 7) is 8.55. The predicted molar refractivity (Wildman–Crippen MR) is 138 cm³/mol. The minimum atomic E-state index is -0.377. The number of nitrogens with zero attached hydrogens (tertiary/aromatic N) is 3. The molecule has 1 unspecified atom stereocenters. The lowest BCUT2D eigenvalue weighted by molar-refractivity contribution is -0.119. The van der Waals surface area contributed by atoms with E-state index in [0.29, 0.717) is 132 Å². The van der Waals surface area contributed by atoms with Crippen LogP contribution in [0.2, 0.25) is 0 Å². The number of carbonyl (C=O) groups excluding carboxylic acids is 1. The number of nitrogens with two attached hydrogens (primary N) is 2. The van der Waals surface area contributed by atoms with Gasteiger partial charge in [0.25, 0.3) is 0 Å². The Hall–Kier alpha value is -1.62. The van der Waals surface area contributed by atoms with Crippen molar-refractivity contribution >= 4 is 5.91 Å². The Morgan fingerprint density at radius 3 is 1.21 bits per heavy atom. The molecule has 0 saturated heterocycles. The molecular formula is C23H47N5O10. The average molecular weight is 554 g/mol. The third-order valence-electron chi connectivity index (χ3n) is 4.49. The minimum Gasteiger partial charge on any atom is -0.379 e. The second-order valence-corrected chi connectivity index (χ2v) is 7.63. The zero-order chi connectivity index (χ0) is 27.8. The van der Waals surface area contributed by atoms with Gasteiger partial charge < -0.3 is 54.1 Å². The summed E-state index contributed by atoms with van der Waals surface area (Å²) in [5, 5.41) is 3.62. The first-order chi connectivity index (χ1) is 18.7. The Kier molecular flexibility index (Phi) is 30.2. The van der Waals surface area contributed by atoms with Gasteiger partial charge in [-0.3, -0.25) is 4.79 Å². The van der Waals surface area contributed by atoms with Gasteiger partial charge in [-0.15, -0.1) is 0 Å². The lowest BCUT2D eigenvalue weighted by atomic mass is 10.2. The first-order valence-electron chi connectivity index (χ1n) is 12.9. The Balaban J connectivity index is 3.12. The van der Waals surface area contributed by atoms with Gasteiger partial charge in [0.2, 0.25) is 5.91 Å². The second-order valence-electron chi connectivity index (χ2n) is 7.63. The normalized spacial score (nSPS) is 11.9. The SMILES string of the molecule is [N-]=[N+]=NC(CCN)COCCOCCOCCOCCOCCOCCOCCOCCOCCC(N)=O. The summed E-state index contributed by atoms with van der Waals surface area (Å²) in [5.74, 6) is -0.377. The van der Waals surface area contributed by atoms with Crippen molar-refractivity contribution in [2.75, 3.05) is 125 Å². The van der Waals surface area contributed by atoms with Crippen LogP contribution in [0.4, 0.5) is 0 Å². The third kappa shape index (κ3) is 30.6. The zero-order valence-corrected chi connectivity index (χ0v) is 22.5. The highest BCUT2D eigenvalue weighted by Gasteiger charge is 2.05. The number of carbonyl (C=O) groups is 1. The molecule has 0 bridgehead atoms. The number of rotatable bonds is 32. The lowest BCUT2D eigenvalue weighted by Gasteiger charge is -2.11. The fourth-order valence-corrected chi connectivity index (χ4v) is 2.59.